The molecule has 1 atom stereocenters. The van der Waals surface area contributed by atoms with Crippen molar-refractivity contribution >= 4 is 35.1 Å². The van der Waals surface area contributed by atoms with Gasteiger partial charge in [-0.1, -0.05) is 23.7 Å². The third-order valence-corrected chi connectivity index (χ3v) is 6.91. The Morgan fingerprint density at radius 3 is 2.38 bits per heavy atom. The van der Waals surface area contributed by atoms with E-state index in [1.165, 1.54) is 0 Å². The highest BCUT2D eigenvalue weighted by Gasteiger charge is 2.38. The second-order valence-electron chi connectivity index (χ2n) is 9.20. The Balaban J connectivity index is 1.44. The number of hydrogen-bond acceptors (Lipinski definition) is 7. The summed E-state index contributed by atoms with van der Waals surface area (Å²) in [5.74, 6) is 0.171. The number of rotatable bonds is 5. The average molecular weight is 532 g/mol. The second-order valence-corrected chi connectivity index (χ2v) is 9.64. The maximum absolute atomic E-state index is 13.8. The molecule has 2 aromatic heterocycles. The minimum Gasteiger partial charge on any atom is -0.366 e. The van der Waals surface area contributed by atoms with Crippen molar-refractivity contribution in [3.63, 3.8) is 0 Å². The van der Waals surface area contributed by atoms with Gasteiger partial charge in [-0.15, -0.1) is 0 Å². The molecule has 1 aromatic carbocycles. The molecule has 2 aliphatic heterocycles. The molecule has 1 amide bonds. The number of amides is 1. The monoisotopic (exact) mass is 531 g/mol. The fourth-order valence-electron chi connectivity index (χ4n) is 4.54. The molecule has 2 fully saturated rings. The lowest BCUT2D eigenvalue weighted by Crippen LogP contribution is -2.53. The van der Waals surface area contributed by atoms with Crippen LogP contribution in [0.2, 0.25) is 5.02 Å². The number of aromatic nitrogens is 3. The summed E-state index contributed by atoms with van der Waals surface area (Å²) in [5, 5.41) is 0.626. The highest BCUT2D eigenvalue weighted by atomic mass is 35.5. The SMILES string of the molecule is C[C@H]1CN(c2ncc(C(N)=O)cc2C(F)(F)F)CCN1c1cc(-c2ccc(Cl)cc2)nc(N2CCC2)n1. The van der Waals surface area contributed by atoms with Gasteiger partial charge in [0.2, 0.25) is 11.9 Å². The van der Waals surface area contributed by atoms with Gasteiger partial charge in [0, 0.05) is 61.6 Å². The summed E-state index contributed by atoms with van der Waals surface area (Å²) < 4.78 is 41.4. The van der Waals surface area contributed by atoms with E-state index >= 15 is 0 Å². The molecular weight excluding hydrogens is 507 g/mol. The van der Waals surface area contributed by atoms with Crippen LogP contribution in [0, 0.1) is 0 Å². The Bertz CT molecular complexity index is 1310. The minimum atomic E-state index is -4.68. The Morgan fingerprint density at radius 1 is 1.05 bits per heavy atom. The molecular formula is C25H25ClF3N7O. The van der Waals surface area contributed by atoms with Crippen LogP contribution < -0.4 is 20.4 Å². The third-order valence-electron chi connectivity index (χ3n) is 6.66. The predicted octanol–water partition coefficient (Wildman–Crippen LogP) is 4.23. The zero-order valence-electron chi connectivity index (χ0n) is 20.0. The summed E-state index contributed by atoms with van der Waals surface area (Å²) >= 11 is 6.06. The molecule has 194 valence electrons. The smallest absolute Gasteiger partial charge is 0.366 e. The van der Waals surface area contributed by atoms with E-state index in [0.29, 0.717) is 23.3 Å². The number of pyridine rings is 1. The first-order chi connectivity index (χ1) is 17.6. The van der Waals surface area contributed by atoms with Crippen molar-refractivity contribution in [3.05, 3.63) is 58.7 Å². The van der Waals surface area contributed by atoms with Crippen LogP contribution in [0.15, 0.2) is 42.6 Å². The van der Waals surface area contributed by atoms with Gasteiger partial charge >= 0.3 is 6.18 Å². The van der Waals surface area contributed by atoms with Gasteiger partial charge in [-0.25, -0.2) is 9.97 Å². The average Bonchev–Trinajstić information content (AvgIpc) is 2.82. The third kappa shape index (κ3) is 5.13. The molecule has 4 heterocycles. The van der Waals surface area contributed by atoms with Crippen LogP contribution in [-0.4, -0.2) is 59.6 Å². The molecule has 8 nitrogen and oxygen atoms in total. The number of anilines is 3. The standard InChI is InChI=1S/C25H25ClF3N7O/c1-15-14-35(23-19(25(27,28)29)11-17(13-31-23)22(30)37)9-10-36(15)21-12-20(16-3-5-18(26)6-4-16)32-24(33-21)34-7-2-8-34/h3-6,11-13,15H,2,7-10,14H2,1H3,(H2,30,37)/t15-/m0/s1. The molecule has 12 heteroatoms. The molecule has 2 saturated heterocycles. The number of primary amides is 1. The lowest BCUT2D eigenvalue weighted by atomic mass is 10.1. The van der Waals surface area contributed by atoms with Crippen LogP contribution in [0.4, 0.5) is 30.8 Å². The van der Waals surface area contributed by atoms with E-state index in [0.717, 1.165) is 43.0 Å². The van der Waals surface area contributed by atoms with Crippen molar-refractivity contribution in [1.82, 2.24) is 15.0 Å². The fourth-order valence-corrected chi connectivity index (χ4v) is 4.66. The maximum Gasteiger partial charge on any atom is 0.419 e. The van der Waals surface area contributed by atoms with Crippen LogP contribution in [-0.2, 0) is 6.18 Å². The Kier molecular flexibility index (Phi) is 6.57. The van der Waals surface area contributed by atoms with Gasteiger partial charge < -0.3 is 20.4 Å². The zero-order chi connectivity index (χ0) is 26.3. The molecule has 0 spiro atoms. The number of alkyl halides is 3. The summed E-state index contributed by atoms with van der Waals surface area (Å²) in [6.07, 6.45) is -2.52. The number of carbonyl (C=O) groups excluding carboxylic acids is 1. The zero-order valence-corrected chi connectivity index (χ0v) is 20.8. The highest BCUT2D eigenvalue weighted by molar-refractivity contribution is 6.30. The van der Waals surface area contributed by atoms with Crippen LogP contribution in [0.25, 0.3) is 11.3 Å². The largest absolute Gasteiger partial charge is 0.419 e. The molecule has 0 aliphatic carbocycles. The van der Waals surface area contributed by atoms with Crippen molar-refractivity contribution in [1.29, 1.82) is 0 Å². The van der Waals surface area contributed by atoms with E-state index in [-0.39, 0.29) is 30.5 Å². The summed E-state index contributed by atoms with van der Waals surface area (Å²) in [5.41, 5.74) is 5.57. The topological polar surface area (TPSA) is 91.5 Å². The first-order valence-corrected chi connectivity index (χ1v) is 12.3. The number of halogens is 4. The lowest BCUT2D eigenvalue weighted by molar-refractivity contribution is -0.137. The van der Waals surface area contributed by atoms with Crippen molar-refractivity contribution in [2.45, 2.75) is 25.6 Å². The van der Waals surface area contributed by atoms with Crippen LogP contribution in [0.5, 0.6) is 0 Å². The first kappa shape index (κ1) is 25.1. The molecule has 0 unspecified atom stereocenters. The highest BCUT2D eigenvalue weighted by Crippen LogP contribution is 2.37. The molecule has 0 radical (unpaired) electrons. The van der Waals surface area contributed by atoms with E-state index in [1.54, 1.807) is 17.0 Å². The van der Waals surface area contributed by atoms with Gasteiger partial charge in [0.25, 0.3) is 0 Å². The number of nitrogens with zero attached hydrogens (tertiary/aromatic N) is 6. The van der Waals surface area contributed by atoms with E-state index in [4.69, 9.17) is 27.3 Å². The number of piperazine rings is 1. The van der Waals surface area contributed by atoms with Crippen molar-refractivity contribution in [3.8, 4) is 11.3 Å². The molecule has 3 aromatic rings. The Labute approximate surface area is 216 Å². The molecule has 0 bridgehead atoms. The van der Waals surface area contributed by atoms with E-state index in [2.05, 4.69) is 14.8 Å². The molecule has 5 rings (SSSR count). The number of carbonyl (C=O) groups is 1. The van der Waals surface area contributed by atoms with Crippen molar-refractivity contribution < 1.29 is 18.0 Å². The van der Waals surface area contributed by atoms with Gasteiger partial charge in [-0.2, -0.15) is 18.2 Å². The molecule has 2 aliphatic rings. The van der Waals surface area contributed by atoms with Gasteiger partial charge in [0.1, 0.15) is 11.6 Å². The van der Waals surface area contributed by atoms with Gasteiger partial charge in [-0.05, 0) is 31.5 Å². The van der Waals surface area contributed by atoms with Gasteiger partial charge in [-0.3, -0.25) is 4.79 Å². The predicted molar refractivity (Wildman–Crippen MR) is 136 cm³/mol. The van der Waals surface area contributed by atoms with Crippen LogP contribution >= 0.6 is 11.6 Å². The maximum atomic E-state index is 13.8. The minimum absolute atomic E-state index is 0.176. The van der Waals surface area contributed by atoms with E-state index in [1.807, 2.05) is 25.1 Å². The summed E-state index contributed by atoms with van der Waals surface area (Å²) in [6.45, 7) is 4.68. The fraction of sp³-hybridized carbons (Fsp3) is 0.360. The summed E-state index contributed by atoms with van der Waals surface area (Å²) in [6, 6.07) is 9.90. The second kappa shape index (κ2) is 9.70. The summed E-state index contributed by atoms with van der Waals surface area (Å²) in [7, 11) is 0. The van der Waals surface area contributed by atoms with Crippen LogP contribution in [0.3, 0.4) is 0 Å². The number of hydrogen-bond donors (Lipinski definition) is 1. The number of benzene rings is 1. The number of nitrogens with two attached hydrogens (primary N) is 1. The van der Waals surface area contributed by atoms with E-state index < -0.39 is 17.6 Å². The molecule has 37 heavy (non-hydrogen) atoms. The lowest BCUT2D eigenvalue weighted by Gasteiger charge is -2.42. The van der Waals surface area contributed by atoms with Crippen molar-refractivity contribution in [2.75, 3.05) is 47.4 Å². The molecule has 2 N–H and O–H groups in total. The first-order valence-electron chi connectivity index (χ1n) is 11.9. The quantitative estimate of drug-likeness (QED) is 0.526. The van der Waals surface area contributed by atoms with Crippen LogP contribution in [0.1, 0.15) is 29.3 Å². The Morgan fingerprint density at radius 2 is 1.78 bits per heavy atom. The molecule has 0 saturated carbocycles. The van der Waals surface area contributed by atoms with E-state index in [9.17, 15) is 18.0 Å². The normalized spacial score (nSPS) is 18.1. The van der Waals surface area contributed by atoms with Gasteiger partial charge in [0.15, 0.2) is 0 Å². The van der Waals surface area contributed by atoms with Crippen molar-refractivity contribution in [2.24, 2.45) is 5.73 Å². The Hall–Kier alpha value is -3.60. The van der Waals surface area contributed by atoms with Gasteiger partial charge in [0.05, 0.1) is 16.8 Å². The summed E-state index contributed by atoms with van der Waals surface area (Å²) in [4.78, 5) is 30.8.